The minimum absolute atomic E-state index is 0.0264. The van der Waals surface area contributed by atoms with E-state index in [-0.39, 0.29) is 10.9 Å². The maximum absolute atomic E-state index is 12.1. The molecule has 7 heteroatoms. The minimum atomic E-state index is -3.41. The molecule has 0 saturated heterocycles. The van der Waals surface area contributed by atoms with Crippen LogP contribution in [-0.4, -0.2) is 31.8 Å². The maximum atomic E-state index is 12.1. The van der Waals surface area contributed by atoms with E-state index in [0.29, 0.717) is 0 Å². The highest BCUT2D eigenvalue weighted by Gasteiger charge is 2.17. The van der Waals surface area contributed by atoms with Gasteiger partial charge in [0.25, 0.3) is 0 Å². The maximum Gasteiger partial charge on any atom is 0.242 e. The largest absolute Gasteiger partial charge is 0.377 e. The first-order valence-corrected chi connectivity index (χ1v) is 8.47. The Labute approximate surface area is 123 Å². The van der Waals surface area contributed by atoms with Gasteiger partial charge in [-0.25, -0.2) is 17.7 Å². The Morgan fingerprint density at radius 1 is 1.35 bits per heavy atom. The van der Waals surface area contributed by atoms with Crippen LogP contribution in [0.1, 0.15) is 18.7 Å². The number of nitrogens with one attached hydrogen (secondary N) is 1. The third kappa shape index (κ3) is 3.17. The predicted molar refractivity (Wildman–Crippen MR) is 81.5 cm³/mol. The second-order valence-corrected chi connectivity index (χ2v) is 7.47. The van der Waals surface area contributed by atoms with E-state index in [2.05, 4.69) is 10.3 Å². The third-order valence-corrected chi connectivity index (χ3v) is 5.31. The van der Waals surface area contributed by atoms with Gasteiger partial charge in [0.1, 0.15) is 0 Å². The molecule has 2 rings (SSSR count). The summed E-state index contributed by atoms with van der Waals surface area (Å²) >= 11 is 1.54. The normalized spacial score (nSPS) is 13.4. The number of thiazole rings is 1. The number of hydrogen-bond donors (Lipinski definition) is 1. The summed E-state index contributed by atoms with van der Waals surface area (Å²) < 4.78 is 25.4. The average Bonchev–Trinajstić information content (AvgIpc) is 2.92. The summed E-state index contributed by atoms with van der Waals surface area (Å²) in [7, 11) is -0.367. The van der Waals surface area contributed by atoms with E-state index in [9.17, 15) is 8.42 Å². The molecular weight excluding hydrogens is 294 g/mol. The van der Waals surface area contributed by atoms with Crippen molar-refractivity contribution in [3.05, 3.63) is 40.8 Å². The van der Waals surface area contributed by atoms with Crippen LogP contribution in [0.2, 0.25) is 0 Å². The molecule has 1 heterocycles. The molecule has 0 fully saturated rings. The molecule has 0 bridgehead atoms. The van der Waals surface area contributed by atoms with Crippen LogP contribution in [0.25, 0.3) is 0 Å². The molecule has 5 nitrogen and oxygen atoms in total. The van der Waals surface area contributed by atoms with Gasteiger partial charge in [-0.3, -0.25) is 0 Å². The lowest BCUT2D eigenvalue weighted by Gasteiger charge is -2.15. The van der Waals surface area contributed by atoms with E-state index in [1.54, 1.807) is 23.7 Å². The number of aromatic nitrogens is 1. The molecule has 1 unspecified atom stereocenters. The summed E-state index contributed by atoms with van der Waals surface area (Å²) in [6, 6.07) is 6.83. The molecule has 0 saturated carbocycles. The first-order chi connectivity index (χ1) is 9.41. The molecule has 2 aromatic rings. The van der Waals surface area contributed by atoms with E-state index in [4.69, 9.17) is 0 Å². The molecule has 0 aliphatic carbocycles. The Kier molecular flexibility index (Phi) is 4.42. The fraction of sp³-hybridized carbons (Fsp3) is 0.308. The zero-order valence-electron chi connectivity index (χ0n) is 11.6. The van der Waals surface area contributed by atoms with Crippen LogP contribution >= 0.6 is 11.3 Å². The van der Waals surface area contributed by atoms with Gasteiger partial charge in [-0.05, 0) is 25.1 Å². The highest BCUT2D eigenvalue weighted by molar-refractivity contribution is 7.89. The first-order valence-electron chi connectivity index (χ1n) is 6.08. The molecule has 0 aliphatic heterocycles. The Hall–Kier alpha value is -1.44. The lowest BCUT2D eigenvalue weighted by molar-refractivity contribution is 0.521. The van der Waals surface area contributed by atoms with Crippen LogP contribution in [0, 0.1) is 0 Å². The van der Waals surface area contributed by atoms with Crippen molar-refractivity contribution in [1.82, 2.24) is 9.29 Å². The van der Waals surface area contributed by atoms with Crippen molar-refractivity contribution in [2.45, 2.75) is 17.9 Å². The molecule has 0 spiro atoms. The highest BCUT2D eigenvalue weighted by Crippen LogP contribution is 2.22. The molecule has 1 aromatic heterocycles. The van der Waals surface area contributed by atoms with Crippen molar-refractivity contribution < 1.29 is 8.42 Å². The van der Waals surface area contributed by atoms with Gasteiger partial charge in [0.2, 0.25) is 10.0 Å². The Morgan fingerprint density at radius 3 is 2.70 bits per heavy atom. The lowest BCUT2D eigenvalue weighted by atomic mass is 10.2. The SMILES string of the molecule is CC(Nc1cccc(S(=O)(=O)N(C)C)c1)c1cscn1. The van der Waals surface area contributed by atoms with Gasteiger partial charge < -0.3 is 5.32 Å². The van der Waals surface area contributed by atoms with Crippen LogP contribution in [0.5, 0.6) is 0 Å². The topological polar surface area (TPSA) is 62.3 Å². The van der Waals surface area contributed by atoms with E-state index < -0.39 is 10.0 Å². The van der Waals surface area contributed by atoms with Crippen molar-refractivity contribution in [2.24, 2.45) is 0 Å². The Bertz CT molecular complexity index is 667. The molecule has 1 aromatic carbocycles. The van der Waals surface area contributed by atoms with Gasteiger partial charge in [-0.2, -0.15) is 0 Å². The van der Waals surface area contributed by atoms with Gasteiger partial charge in [-0.15, -0.1) is 11.3 Å². The summed E-state index contributed by atoms with van der Waals surface area (Å²) in [6.45, 7) is 1.99. The quantitative estimate of drug-likeness (QED) is 0.922. The molecule has 0 radical (unpaired) electrons. The number of benzene rings is 1. The van der Waals surface area contributed by atoms with Gasteiger partial charge in [0, 0.05) is 25.2 Å². The number of rotatable bonds is 5. The molecule has 108 valence electrons. The molecule has 0 aliphatic rings. The zero-order chi connectivity index (χ0) is 14.8. The zero-order valence-corrected chi connectivity index (χ0v) is 13.2. The van der Waals surface area contributed by atoms with Gasteiger partial charge in [0.15, 0.2) is 0 Å². The van der Waals surface area contributed by atoms with Gasteiger partial charge >= 0.3 is 0 Å². The number of hydrogen-bond acceptors (Lipinski definition) is 5. The van der Waals surface area contributed by atoms with Crippen molar-refractivity contribution in [3.63, 3.8) is 0 Å². The number of sulfonamides is 1. The van der Waals surface area contributed by atoms with E-state index >= 15 is 0 Å². The second kappa shape index (κ2) is 5.90. The Balaban J connectivity index is 2.23. The molecule has 1 atom stereocenters. The third-order valence-electron chi connectivity index (χ3n) is 2.89. The fourth-order valence-electron chi connectivity index (χ4n) is 1.72. The highest BCUT2D eigenvalue weighted by atomic mass is 32.2. The monoisotopic (exact) mass is 311 g/mol. The van der Waals surface area contributed by atoms with Crippen LogP contribution in [0.3, 0.4) is 0 Å². The number of anilines is 1. The van der Waals surface area contributed by atoms with Crippen LogP contribution < -0.4 is 5.32 Å². The first kappa shape index (κ1) is 15.0. The standard InChI is InChI=1S/C13H17N3O2S2/c1-10(13-8-19-9-14-13)15-11-5-4-6-12(7-11)20(17,18)16(2)3/h4-10,15H,1-3H3. The van der Waals surface area contributed by atoms with E-state index in [1.165, 1.54) is 29.7 Å². The molecular formula is C13H17N3O2S2. The summed E-state index contributed by atoms with van der Waals surface area (Å²) in [5.41, 5.74) is 3.48. The van der Waals surface area contributed by atoms with Crippen LogP contribution in [-0.2, 0) is 10.0 Å². The van der Waals surface area contributed by atoms with Crippen molar-refractivity contribution >= 4 is 27.0 Å². The smallest absolute Gasteiger partial charge is 0.242 e. The average molecular weight is 311 g/mol. The summed E-state index contributed by atoms with van der Waals surface area (Å²) in [5.74, 6) is 0. The summed E-state index contributed by atoms with van der Waals surface area (Å²) in [4.78, 5) is 4.52. The van der Waals surface area contributed by atoms with Crippen molar-refractivity contribution in [1.29, 1.82) is 0 Å². The van der Waals surface area contributed by atoms with Crippen molar-refractivity contribution in [2.75, 3.05) is 19.4 Å². The van der Waals surface area contributed by atoms with Crippen LogP contribution in [0.4, 0.5) is 5.69 Å². The van der Waals surface area contributed by atoms with E-state index in [0.717, 1.165) is 11.4 Å². The lowest BCUT2D eigenvalue weighted by Crippen LogP contribution is -2.22. The number of nitrogens with zero attached hydrogens (tertiary/aromatic N) is 2. The summed E-state index contributed by atoms with van der Waals surface area (Å²) in [6.07, 6.45) is 0. The molecule has 1 N–H and O–H groups in total. The minimum Gasteiger partial charge on any atom is -0.377 e. The van der Waals surface area contributed by atoms with E-state index in [1.807, 2.05) is 18.4 Å². The summed E-state index contributed by atoms with van der Waals surface area (Å²) in [5, 5.41) is 5.23. The Morgan fingerprint density at radius 2 is 2.10 bits per heavy atom. The second-order valence-electron chi connectivity index (χ2n) is 4.59. The molecule has 20 heavy (non-hydrogen) atoms. The fourth-order valence-corrected chi connectivity index (χ4v) is 3.31. The van der Waals surface area contributed by atoms with Gasteiger partial charge in [-0.1, -0.05) is 6.07 Å². The molecule has 0 amide bonds. The van der Waals surface area contributed by atoms with Crippen molar-refractivity contribution in [3.8, 4) is 0 Å². The van der Waals surface area contributed by atoms with Gasteiger partial charge in [0.05, 0.1) is 22.1 Å². The predicted octanol–water partition coefficient (Wildman–Crippen LogP) is 2.57. The van der Waals surface area contributed by atoms with Crippen LogP contribution in [0.15, 0.2) is 40.1 Å².